The van der Waals surface area contributed by atoms with Crippen molar-refractivity contribution in [3.05, 3.63) is 0 Å². The molecule has 1 heterocycles. The summed E-state index contributed by atoms with van der Waals surface area (Å²) < 4.78 is 0.523. The van der Waals surface area contributed by atoms with Crippen molar-refractivity contribution >= 4 is 11.8 Å². The summed E-state index contributed by atoms with van der Waals surface area (Å²) in [5, 5.41) is 0. The molecule has 1 atom stereocenters. The Morgan fingerprint density at radius 2 is 2.27 bits per heavy atom. The van der Waals surface area contributed by atoms with Crippen LogP contribution in [0.1, 0.15) is 33.1 Å². The fourth-order valence-corrected chi connectivity index (χ4v) is 3.19. The van der Waals surface area contributed by atoms with Gasteiger partial charge in [0.25, 0.3) is 0 Å². The molecule has 0 aromatic heterocycles. The molecular formula is C9H19NS. The summed E-state index contributed by atoms with van der Waals surface area (Å²) in [5.74, 6) is 2.26. The first kappa shape index (κ1) is 9.40. The molecule has 0 bridgehead atoms. The summed E-state index contributed by atoms with van der Waals surface area (Å²) in [6, 6.07) is 0. The zero-order valence-electron chi connectivity index (χ0n) is 7.60. The Morgan fingerprint density at radius 1 is 1.55 bits per heavy atom. The normalized spacial score (nSPS) is 29.2. The maximum atomic E-state index is 5.49. The van der Waals surface area contributed by atoms with Crippen LogP contribution in [-0.2, 0) is 0 Å². The number of hydrogen-bond acceptors (Lipinski definition) is 2. The van der Waals surface area contributed by atoms with Gasteiger partial charge in [-0.3, -0.25) is 0 Å². The molecule has 0 amide bonds. The predicted octanol–water partition coefficient (Wildman–Crippen LogP) is 2.26. The van der Waals surface area contributed by atoms with Crippen molar-refractivity contribution in [1.82, 2.24) is 0 Å². The van der Waals surface area contributed by atoms with Gasteiger partial charge in [-0.25, -0.2) is 0 Å². The Bertz CT molecular complexity index is 123. The molecule has 1 saturated heterocycles. The third kappa shape index (κ3) is 2.38. The van der Waals surface area contributed by atoms with Crippen LogP contribution in [0.15, 0.2) is 0 Å². The van der Waals surface area contributed by atoms with Crippen molar-refractivity contribution < 1.29 is 0 Å². The summed E-state index contributed by atoms with van der Waals surface area (Å²) in [6.45, 7) is 5.59. The van der Waals surface area contributed by atoms with Crippen LogP contribution in [0.3, 0.4) is 0 Å². The third-order valence-corrected chi connectivity index (χ3v) is 4.20. The molecule has 0 saturated carbocycles. The van der Waals surface area contributed by atoms with Crippen molar-refractivity contribution in [2.45, 2.75) is 37.9 Å². The average Bonchev–Trinajstić information content (AvgIpc) is 2.25. The quantitative estimate of drug-likeness (QED) is 0.708. The predicted molar refractivity (Wildman–Crippen MR) is 52.9 cm³/mol. The first-order valence-electron chi connectivity index (χ1n) is 4.51. The van der Waals surface area contributed by atoms with Gasteiger partial charge in [-0.2, -0.15) is 11.8 Å². The van der Waals surface area contributed by atoms with Crippen LogP contribution in [0, 0.1) is 5.92 Å². The van der Waals surface area contributed by atoms with Gasteiger partial charge >= 0.3 is 0 Å². The van der Waals surface area contributed by atoms with E-state index >= 15 is 0 Å². The Balaban J connectivity index is 2.32. The zero-order valence-corrected chi connectivity index (χ0v) is 8.41. The second-order valence-corrected chi connectivity index (χ2v) is 5.62. The van der Waals surface area contributed by atoms with Crippen LogP contribution in [0.5, 0.6) is 0 Å². The summed E-state index contributed by atoms with van der Waals surface area (Å²) in [5.41, 5.74) is 5.49. The fourth-order valence-electron chi connectivity index (χ4n) is 1.79. The maximum Gasteiger partial charge on any atom is 0.0132 e. The van der Waals surface area contributed by atoms with E-state index in [4.69, 9.17) is 5.73 Å². The largest absolute Gasteiger partial charge is 0.330 e. The third-order valence-electron chi connectivity index (χ3n) is 2.68. The molecule has 0 aromatic carbocycles. The Morgan fingerprint density at radius 3 is 2.73 bits per heavy atom. The van der Waals surface area contributed by atoms with Crippen molar-refractivity contribution in [2.75, 3.05) is 12.3 Å². The molecule has 2 heteroatoms. The molecule has 1 unspecified atom stereocenters. The Kier molecular flexibility index (Phi) is 3.26. The summed E-state index contributed by atoms with van der Waals surface area (Å²) in [7, 11) is 0. The van der Waals surface area contributed by atoms with Crippen LogP contribution in [0.25, 0.3) is 0 Å². The van der Waals surface area contributed by atoms with E-state index in [9.17, 15) is 0 Å². The van der Waals surface area contributed by atoms with E-state index in [0.29, 0.717) is 4.75 Å². The monoisotopic (exact) mass is 173 g/mol. The molecule has 1 rings (SSSR count). The first-order valence-corrected chi connectivity index (χ1v) is 5.49. The van der Waals surface area contributed by atoms with Crippen molar-refractivity contribution in [3.8, 4) is 0 Å². The van der Waals surface area contributed by atoms with Gasteiger partial charge in [-0.05, 0) is 37.5 Å². The van der Waals surface area contributed by atoms with Gasteiger partial charge in [0.1, 0.15) is 0 Å². The number of thioether (sulfide) groups is 1. The SMILES string of the molecule is CC1(C)SCCC1CCCN. The van der Waals surface area contributed by atoms with Gasteiger partial charge in [-0.1, -0.05) is 13.8 Å². The number of nitrogens with two attached hydrogens (primary N) is 1. The second kappa shape index (κ2) is 3.81. The van der Waals surface area contributed by atoms with Crippen molar-refractivity contribution in [3.63, 3.8) is 0 Å². The maximum absolute atomic E-state index is 5.49. The van der Waals surface area contributed by atoms with Crippen LogP contribution in [0.4, 0.5) is 0 Å². The van der Waals surface area contributed by atoms with Crippen molar-refractivity contribution in [1.29, 1.82) is 0 Å². The van der Waals surface area contributed by atoms with E-state index in [2.05, 4.69) is 25.6 Å². The molecule has 11 heavy (non-hydrogen) atoms. The standard InChI is InChI=1S/C9H19NS/c1-9(2)8(4-3-6-10)5-7-11-9/h8H,3-7,10H2,1-2H3. The highest BCUT2D eigenvalue weighted by Gasteiger charge is 2.34. The highest BCUT2D eigenvalue weighted by atomic mass is 32.2. The van der Waals surface area contributed by atoms with E-state index < -0.39 is 0 Å². The van der Waals surface area contributed by atoms with Crippen molar-refractivity contribution in [2.24, 2.45) is 11.7 Å². The second-order valence-electron chi connectivity index (χ2n) is 3.87. The minimum atomic E-state index is 0.523. The summed E-state index contributed by atoms with van der Waals surface area (Å²) >= 11 is 2.12. The lowest BCUT2D eigenvalue weighted by atomic mass is 9.88. The number of rotatable bonds is 3. The van der Waals surface area contributed by atoms with E-state index in [1.807, 2.05) is 0 Å². The molecule has 2 N–H and O–H groups in total. The smallest absolute Gasteiger partial charge is 0.0132 e. The first-order chi connectivity index (χ1) is 5.17. The van der Waals surface area contributed by atoms with Gasteiger partial charge in [0.05, 0.1) is 0 Å². The molecule has 0 aromatic rings. The molecule has 1 aliphatic rings. The van der Waals surface area contributed by atoms with Gasteiger partial charge in [0.2, 0.25) is 0 Å². The molecule has 1 aliphatic heterocycles. The minimum absolute atomic E-state index is 0.523. The van der Waals surface area contributed by atoms with E-state index in [1.54, 1.807) is 0 Å². The van der Waals surface area contributed by atoms with Gasteiger partial charge in [-0.15, -0.1) is 0 Å². The van der Waals surface area contributed by atoms with E-state index in [1.165, 1.54) is 25.0 Å². The average molecular weight is 173 g/mol. The molecule has 1 nitrogen and oxygen atoms in total. The van der Waals surface area contributed by atoms with Crippen LogP contribution in [0.2, 0.25) is 0 Å². The minimum Gasteiger partial charge on any atom is -0.330 e. The lowest BCUT2D eigenvalue weighted by molar-refractivity contribution is 0.398. The van der Waals surface area contributed by atoms with Crippen LogP contribution >= 0.6 is 11.8 Å². The van der Waals surface area contributed by atoms with E-state index in [-0.39, 0.29) is 0 Å². The molecule has 66 valence electrons. The highest BCUT2D eigenvalue weighted by molar-refractivity contribution is 8.00. The molecule has 1 fully saturated rings. The van der Waals surface area contributed by atoms with E-state index in [0.717, 1.165) is 12.5 Å². The topological polar surface area (TPSA) is 26.0 Å². The van der Waals surface area contributed by atoms with Gasteiger partial charge < -0.3 is 5.73 Å². The highest BCUT2D eigenvalue weighted by Crippen LogP contribution is 2.44. The molecule has 0 spiro atoms. The summed E-state index contributed by atoms with van der Waals surface area (Å²) in [6.07, 6.45) is 3.93. The Hall–Kier alpha value is 0.310. The van der Waals surface area contributed by atoms with Gasteiger partial charge in [0, 0.05) is 4.75 Å². The van der Waals surface area contributed by atoms with Gasteiger partial charge in [0.15, 0.2) is 0 Å². The summed E-state index contributed by atoms with van der Waals surface area (Å²) in [4.78, 5) is 0. The lowest BCUT2D eigenvalue weighted by Crippen LogP contribution is -2.22. The molecular weight excluding hydrogens is 154 g/mol. The zero-order chi connectivity index (χ0) is 8.32. The number of hydrogen-bond donors (Lipinski definition) is 1. The lowest BCUT2D eigenvalue weighted by Gasteiger charge is -2.25. The fraction of sp³-hybridized carbons (Fsp3) is 1.00. The molecule has 0 radical (unpaired) electrons. The molecule has 0 aliphatic carbocycles. The van der Waals surface area contributed by atoms with Crippen LogP contribution < -0.4 is 5.73 Å². The Labute approximate surface area is 74.1 Å². The van der Waals surface area contributed by atoms with Crippen LogP contribution in [-0.4, -0.2) is 17.0 Å².